The molecule has 0 radical (unpaired) electrons. The number of rotatable bonds is 5. The zero-order valence-electron chi connectivity index (χ0n) is 19.6. The smallest absolute Gasteiger partial charge is 0.254 e. The Hall–Kier alpha value is -2.72. The Morgan fingerprint density at radius 2 is 1.72 bits per heavy atom. The largest absolute Gasteiger partial charge is 0.365 e. The molecule has 32 heavy (non-hydrogen) atoms. The van der Waals surface area contributed by atoms with Crippen molar-refractivity contribution in [3.63, 3.8) is 0 Å². The quantitative estimate of drug-likeness (QED) is 0.593. The maximum Gasteiger partial charge on any atom is 0.254 e. The van der Waals surface area contributed by atoms with E-state index < -0.39 is 0 Å². The third-order valence-electron chi connectivity index (χ3n) is 7.30. The van der Waals surface area contributed by atoms with Gasteiger partial charge in [-0.05, 0) is 55.4 Å². The van der Waals surface area contributed by atoms with Gasteiger partial charge < -0.3 is 9.64 Å². The van der Waals surface area contributed by atoms with E-state index in [1.807, 2.05) is 56.9 Å². The number of benzene rings is 2. The van der Waals surface area contributed by atoms with E-state index in [2.05, 4.69) is 24.3 Å². The van der Waals surface area contributed by atoms with Crippen molar-refractivity contribution in [1.29, 1.82) is 0 Å². The van der Waals surface area contributed by atoms with Gasteiger partial charge in [0.1, 0.15) is 0 Å². The zero-order chi connectivity index (χ0) is 22.9. The monoisotopic (exact) mass is 431 g/mol. The van der Waals surface area contributed by atoms with Crippen molar-refractivity contribution in [3.05, 3.63) is 76.4 Å². The molecule has 0 N–H and O–H groups in total. The minimum Gasteiger partial charge on any atom is -0.365 e. The summed E-state index contributed by atoms with van der Waals surface area (Å²) in [6.45, 7) is 9.63. The molecule has 0 aromatic heterocycles. The number of allylic oxidation sites excluding steroid dienone is 1. The maximum absolute atomic E-state index is 13.8. The van der Waals surface area contributed by atoms with Gasteiger partial charge in [-0.15, -0.1) is 0 Å². The van der Waals surface area contributed by atoms with Crippen LogP contribution in [0.4, 0.5) is 0 Å². The molecule has 0 aliphatic carbocycles. The summed E-state index contributed by atoms with van der Waals surface area (Å²) < 4.78 is 6.27. The maximum atomic E-state index is 13.8. The van der Waals surface area contributed by atoms with Gasteiger partial charge in [-0.2, -0.15) is 0 Å². The lowest BCUT2D eigenvalue weighted by Crippen LogP contribution is -2.45. The van der Waals surface area contributed by atoms with E-state index in [1.54, 1.807) is 0 Å². The van der Waals surface area contributed by atoms with E-state index in [1.165, 1.54) is 11.1 Å². The number of ether oxygens (including phenoxy) is 1. The van der Waals surface area contributed by atoms with Crippen LogP contribution in [-0.4, -0.2) is 29.7 Å². The Kier molecular flexibility index (Phi) is 6.34. The molecule has 2 aliphatic heterocycles. The van der Waals surface area contributed by atoms with Crippen LogP contribution >= 0.6 is 0 Å². The van der Waals surface area contributed by atoms with Gasteiger partial charge in [0.2, 0.25) is 0 Å². The predicted molar refractivity (Wildman–Crippen MR) is 127 cm³/mol. The second-order valence-corrected chi connectivity index (χ2v) is 9.22. The molecule has 1 spiro atoms. The van der Waals surface area contributed by atoms with Crippen LogP contribution in [-0.2, 0) is 26.5 Å². The fourth-order valence-electron chi connectivity index (χ4n) is 5.04. The van der Waals surface area contributed by atoms with Crippen molar-refractivity contribution >= 4 is 17.3 Å². The van der Waals surface area contributed by atoms with E-state index in [9.17, 15) is 9.59 Å². The molecule has 4 heteroatoms. The number of Topliss-reactive ketones (excluding diaryl/α,β-unsaturated/α-hetero) is 1. The summed E-state index contributed by atoms with van der Waals surface area (Å²) in [4.78, 5) is 28.8. The van der Waals surface area contributed by atoms with Gasteiger partial charge >= 0.3 is 0 Å². The summed E-state index contributed by atoms with van der Waals surface area (Å²) >= 11 is 0. The van der Waals surface area contributed by atoms with Gasteiger partial charge in [-0.3, -0.25) is 9.59 Å². The number of hydrogen-bond acceptors (Lipinski definition) is 3. The topological polar surface area (TPSA) is 46.6 Å². The molecule has 1 amide bonds. The number of carbonyl (C=O) groups is 2. The number of nitrogens with zero attached hydrogens (tertiary/aromatic N) is 1. The zero-order valence-corrected chi connectivity index (χ0v) is 19.6. The van der Waals surface area contributed by atoms with Gasteiger partial charge in [-0.1, -0.05) is 62.4 Å². The fraction of sp³-hybridized carbons (Fsp3) is 0.429. The van der Waals surface area contributed by atoms with Crippen LogP contribution in [0.5, 0.6) is 0 Å². The molecule has 1 fully saturated rings. The van der Waals surface area contributed by atoms with Gasteiger partial charge in [0.25, 0.3) is 5.91 Å². The number of hydrogen-bond donors (Lipinski definition) is 0. The average molecular weight is 432 g/mol. The van der Waals surface area contributed by atoms with Crippen molar-refractivity contribution in [1.82, 2.24) is 4.90 Å². The van der Waals surface area contributed by atoms with E-state index >= 15 is 0 Å². The van der Waals surface area contributed by atoms with E-state index in [0.717, 1.165) is 30.4 Å². The van der Waals surface area contributed by atoms with E-state index in [-0.39, 0.29) is 23.2 Å². The molecule has 2 aliphatic rings. The predicted octanol–water partition coefficient (Wildman–Crippen LogP) is 5.43. The first-order valence-corrected chi connectivity index (χ1v) is 11.7. The third kappa shape index (κ3) is 3.93. The molecule has 2 aromatic rings. The van der Waals surface area contributed by atoms with Crippen LogP contribution in [0.3, 0.4) is 0 Å². The number of aryl methyl sites for hydroxylation is 1. The summed E-state index contributed by atoms with van der Waals surface area (Å²) in [5.74, 6) is -0.0925. The summed E-state index contributed by atoms with van der Waals surface area (Å²) in [7, 11) is 0. The van der Waals surface area contributed by atoms with Crippen LogP contribution in [0.25, 0.3) is 5.57 Å². The average Bonchev–Trinajstić information content (AvgIpc) is 3.17. The normalized spacial score (nSPS) is 18.8. The molecule has 2 heterocycles. The third-order valence-corrected chi connectivity index (χ3v) is 7.30. The summed E-state index contributed by atoms with van der Waals surface area (Å²) in [5, 5.41) is 0. The van der Waals surface area contributed by atoms with Gasteiger partial charge in [0, 0.05) is 24.6 Å². The van der Waals surface area contributed by atoms with Crippen molar-refractivity contribution in [2.45, 2.75) is 59.2 Å². The number of likely N-dealkylation sites (tertiary alicyclic amines) is 1. The Morgan fingerprint density at radius 1 is 1.06 bits per heavy atom. The molecule has 4 rings (SSSR count). The molecule has 1 saturated heterocycles. The molecule has 4 nitrogen and oxygen atoms in total. The number of piperidine rings is 1. The van der Waals surface area contributed by atoms with Crippen LogP contribution < -0.4 is 0 Å². The summed E-state index contributed by atoms with van der Waals surface area (Å²) in [6, 6.07) is 16.3. The highest BCUT2D eigenvalue weighted by atomic mass is 16.5. The molecule has 0 bridgehead atoms. The van der Waals surface area contributed by atoms with Crippen LogP contribution in [0.1, 0.15) is 62.3 Å². The summed E-state index contributed by atoms with van der Waals surface area (Å²) in [5.41, 5.74) is 5.22. The number of ketones is 1. The van der Waals surface area contributed by atoms with Crippen LogP contribution in [0.2, 0.25) is 0 Å². The Balaban J connectivity index is 1.63. The first-order valence-electron chi connectivity index (χ1n) is 11.7. The van der Waals surface area contributed by atoms with Gasteiger partial charge in [0.15, 0.2) is 5.78 Å². The first kappa shape index (κ1) is 22.5. The molecular formula is C28H33NO3. The SMILES string of the molecule is CCC(C)C(=O)/C(C)=C(\C(=O)N1CCC2(CC1)OCc1ccccc12)c1ccccc1C. The Bertz CT molecular complexity index is 1060. The van der Waals surface area contributed by atoms with Gasteiger partial charge in [0.05, 0.1) is 17.8 Å². The molecule has 1 unspecified atom stereocenters. The minimum atomic E-state index is -0.290. The summed E-state index contributed by atoms with van der Waals surface area (Å²) in [6.07, 6.45) is 2.30. The molecule has 2 aromatic carbocycles. The number of fused-ring (bicyclic) bond motifs is 2. The highest BCUT2D eigenvalue weighted by molar-refractivity contribution is 6.26. The molecular weight excluding hydrogens is 398 g/mol. The minimum absolute atomic E-state index is 0.0467. The second kappa shape index (κ2) is 9.03. The van der Waals surface area contributed by atoms with Crippen LogP contribution in [0.15, 0.2) is 54.1 Å². The fourth-order valence-corrected chi connectivity index (χ4v) is 5.04. The highest BCUT2D eigenvalue weighted by Crippen LogP contribution is 2.44. The van der Waals surface area contributed by atoms with E-state index in [0.29, 0.717) is 30.8 Å². The second-order valence-electron chi connectivity index (χ2n) is 9.22. The van der Waals surface area contributed by atoms with Gasteiger partial charge in [-0.25, -0.2) is 0 Å². The lowest BCUT2D eigenvalue weighted by atomic mass is 9.83. The lowest BCUT2D eigenvalue weighted by molar-refractivity contribution is -0.132. The lowest BCUT2D eigenvalue weighted by Gasteiger charge is -2.39. The standard InChI is InChI=1S/C28H33NO3/c1-5-19(2)26(30)21(4)25(23-12-8-6-10-20(23)3)27(31)29-16-14-28(15-17-29)24-13-9-7-11-22(24)18-32-28/h6-13,19H,5,14-18H2,1-4H3/b25-21-. The van der Waals surface area contributed by atoms with Crippen molar-refractivity contribution < 1.29 is 14.3 Å². The van der Waals surface area contributed by atoms with Crippen molar-refractivity contribution in [2.75, 3.05) is 13.1 Å². The van der Waals surface area contributed by atoms with Crippen molar-refractivity contribution in [2.24, 2.45) is 5.92 Å². The van der Waals surface area contributed by atoms with Crippen LogP contribution in [0, 0.1) is 12.8 Å². The Labute approximate surface area is 191 Å². The first-order chi connectivity index (χ1) is 15.4. The highest BCUT2D eigenvalue weighted by Gasteiger charge is 2.43. The molecule has 1 atom stereocenters. The number of carbonyl (C=O) groups excluding carboxylic acids is 2. The Morgan fingerprint density at radius 3 is 2.41 bits per heavy atom. The molecule has 0 saturated carbocycles. The molecule has 168 valence electrons. The number of amides is 1. The van der Waals surface area contributed by atoms with E-state index in [4.69, 9.17) is 4.74 Å². The van der Waals surface area contributed by atoms with Crippen molar-refractivity contribution in [3.8, 4) is 0 Å².